The number of rotatable bonds is 6. The predicted octanol–water partition coefficient (Wildman–Crippen LogP) is 1.82. The first-order valence-electron chi connectivity index (χ1n) is 7.40. The van der Waals surface area contributed by atoms with Crippen LogP contribution in [0.5, 0.6) is 0 Å². The van der Waals surface area contributed by atoms with E-state index < -0.39 is 0 Å². The first-order valence-corrected chi connectivity index (χ1v) is 7.40. The zero-order valence-corrected chi connectivity index (χ0v) is 13.2. The summed E-state index contributed by atoms with van der Waals surface area (Å²) in [7, 11) is 0. The van der Waals surface area contributed by atoms with E-state index in [9.17, 15) is 9.59 Å². The third-order valence-electron chi connectivity index (χ3n) is 3.42. The van der Waals surface area contributed by atoms with Crippen molar-refractivity contribution in [3.05, 3.63) is 41.1 Å². The number of amides is 2. The molecule has 8 nitrogen and oxygen atoms in total. The van der Waals surface area contributed by atoms with Crippen LogP contribution in [0.25, 0.3) is 0 Å². The Kier molecular flexibility index (Phi) is 5.52. The molecule has 2 aromatic rings. The number of Topliss-reactive ketones (excluding diaryl/α,β-unsaturated/α-hetero) is 1. The van der Waals surface area contributed by atoms with Gasteiger partial charge in [-0.15, -0.1) is 0 Å². The van der Waals surface area contributed by atoms with Crippen LogP contribution in [0.4, 0.5) is 16.3 Å². The Balaban J connectivity index is 1.75. The fraction of sp³-hybridized carbons (Fsp3) is 0.250. The molecule has 8 heteroatoms. The molecule has 0 saturated heterocycles. The van der Waals surface area contributed by atoms with Crippen molar-refractivity contribution in [1.82, 2.24) is 15.5 Å². The van der Waals surface area contributed by atoms with E-state index in [1.165, 1.54) is 6.92 Å². The number of carbonyl (C=O) groups excluding carboxylic acids is 2. The second-order valence-electron chi connectivity index (χ2n) is 5.19. The summed E-state index contributed by atoms with van der Waals surface area (Å²) in [5.41, 5.74) is 7.76. The first-order chi connectivity index (χ1) is 11.5. The van der Waals surface area contributed by atoms with Crippen LogP contribution >= 0.6 is 0 Å². The average Bonchev–Trinajstić information content (AvgIpc) is 2.92. The molecule has 0 aliphatic carbocycles. The fourth-order valence-corrected chi connectivity index (χ4v) is 2.13. The SMILES string of the molecule is CC(=O)c1ccc(NC(=O)NCCCc2[nH]nc(N)c2C#N)cc1. The summed E-state index contributed by atoms with van der Waals surface area (Å²) in [6.45, 7) is 1.92. The number of aryl methyl sites for hydroxylation is 1. The summed E-state index contributed by atoms with van der Waals surface area (Å²) < 4.78 is 0. The highest BCUT2D eigenvalue weighted by Crippen LogP contribution is 2.13. The maximum atomic E-state index is 11.8. The Bertz CT molecular complexity index is 773. The number of aromatic amines is 1. The second kappa shape index (κ2) is 7.78. The number of hydrogen-bond donors (Lipinski definition) is 4. The molecule has 2 amide bonds. The van der Waals surface area contributed by atoms with Gasteiger partial charge in [0.15, 0.2) is 11.6 Å². The van der Waals surface area contributed by atoms with Crippen LogP contribution in [0.3, 0.4) is 0 Å². The van der Waals surface area contributed by atoms with Gasteiger partial charge in [-0.3, -0.25) is 9.89 Å². The van der Waals surface area contributed by atoms with Crippen LogP contribution in [0.1, 0.15) is 35.0 Å². The highest BCUT2D eigenvalue weighted by Gasteiger charge is 2.09. The van der Waals surface area contributed by atoms with Crippen molar-refractivity contribution in [2.45, 2.75) is 19.8 Å². The van der Waals surface area contributed by atoms with Crippen LogP contribution in [0.15, 0.2) is 24.3 Å². The van der Waals surface area contributed by atoms with Crippen molar-refractivity contribution >= 4 is 23.3 Å². The van der Waals surface area contributed by atoms with Crippen LogP contribution in [0, 0.1) is 11.3 Å². The number of benzene rings is 1. The topological polar surface area (TPSA) is 137 Å². The van der Waals surface area contributed by atoms with Crippen LogP contribution in [0.2, 0.25) is 0 Å². The number of ketones is 1. The van der Waals surface area contributed by atoms with Crippen LogP contribution in [-0.2, 0) is 6.42 Å². The Hall–Kier alpha value is -3.34. The van der Waals surface area contributed by atoms with Gasteiger partial charge in [0.1, 0.15) is 11.6 Å². The van der Waals surface area contributed by atoms with Gasteiger partial charge in [0.2, 0.25) is 0 Å². The number of urea groups is 1. The molecule has 1 heterocycles. The summed E-state index contributed by atoms with van der Waals surface area (Å²) in [6, 6.07) is 8.31. The number of nitrogens with zero attached hydrogens (tertiary/aromatic N) is 2. The number of nitrogens with one attached hydrogen (secondary N) is 3. The van der Waals surface area contributed by atoms with Crippen molar-refractivity contribution in [3.63, 3.8) is 0 Å². The lowest BCUT2D eigenvalue weighted by molar-refractivity contribution is 0.101. The molecule has 124 valence electrons. The fourth-order valence-electron chi connectivity index (χ4n) is 2.13. The van der Waals surface area contributed by atoms with Crippen molar-refractivity contribution < 1.29 is 9.59 Å². The van der Waals surface area contributed by atoms with Crippen molar-refractivity contribution in [2.75, 3.05) is 17.6 Å². The zero-order valence-electron chi connectivity index (χ0n) is 13.2. The maximum absolute atomic E-state index is 11.8. The molecule has 1 aromatic carbocycles. The number of H-pyrrole nitrogens is 1. The van der Waals surface area contributed by atoms with Gasteiger partial charge in [-0.05, 0) is 44.0 Å². The Morgan fingerprint density at radius 1 is 1.33 bits per heavy atom. The molecule has 0 unspecified atom stereocenters. The van der Waals surface area contributed by atoms with E-state index in [1.807, 2.05) is 6.07 Å². The molecule has 24 heavy (non-hydrogen) atoms. The summed E-state index contributed by atoms with van der Waals surface area (Å²) in [4.78, 5) is 23.0. The molecule has 5 N–H and O–H groups in total. The number of nitriles is 1. The molecule has 0 saturated carbocycles. The summed E-state index contributed by atoms with van der Waals surface area (Å²) in [5, 5.41) is 20.9. The molecule has 0 atom stereocenters. The number of nitrogens with two attached hydrogens (primary N) is 1. The van der Waals surface area contributed by atoms with Gasteiger partial charge in [-0.2, -0.15) is 10.4 Å². The molecule has 2 rings (SSSR count). The second-order valence-corrected chi connectivity index (χ2v) is 5.19. The predicted molar refractivity (Wildman–Crippen MR) is 89.5 cm³/mol. The Labute approximate surface area is 139 Å². The molecule has 1 aromatic heterocycles. The summed E-state index contributed by atoms with van der Waals surface area (Å²) in [5.74, 6) is 0.161. The zero-order chi connectivity index (χ0) is 17.5. The van der Waals surface area contributed by atoms with E-state index in [0.29, 0.717) is 41.9 Å². The molecule has 0 radical (unpaired) electrons. The lowest BCUT2D eigenvalue weighted by Gasteiger charge is -2.07. The van der Waals surface area contributed by atoms with Gasteiger partial charge in [0.05, 0.1) is 5.69 Å². The van der Waals surface area contributed by atoms with Crippen molar-refractivity contribution in [2.24, 2.45) is 0 Å². The minimum atomic E-state index is -0.338. The van der Waals surface area contributed by atoms with Gasteiger partial charge in [0, 0.05) is 17.8 Å². The molecule has 0 aliphatic rings. The maximum Gasteiger partial charge on any atom is 0.319 e. The van der Waals surface area contributed by atoms with Crippen molar-refractivity contribution in [1.29, 1.82) is 5.26 Å². The highest BCUT2D eigenvalue weighted by atomic mass is 16.2. The van der Waals surface area contributed by atoms with Gasteiger partial charge < -0.3 is 16.4 Å². The first kappa shape index (κ1) is 17.0. The molecular weight excluding hydrogens is 308 g/mol. The van der Waals surface area contributed by atoms with Crippen LogP contribution < -0.4 is 16.4 Å². The Morgan fingerprint density at radius 2 is 2.04 bits per heavy atom. The van der Waals surface area contributed by atoms with Gasteiger partial charge in [-0.1, -0.05) is 0 Å². The number of carbonyl (C=O) groups is 2. The molecule has 0 bridgehead atoms. The monoisotopic (exact) mass is 326 g/mol. The minimum absolute atomic E-state index is 0.0258. The third-order valence-corrected chi connectivity index (χ3v) is 3.42. The minimum Gasteiger partial charge on any atom is -0.381 e. The van der Waals surface area contributed by atoms with E-state index in [-0.39, 0.29) is 17.6 Å². The smallest absolute Gasteiger partial charge is 0.319 e. The standard InChI is InChI=1S/C16H18N6O2/c1-10(23)11-4-6-12(7-5-11)20-16(24)19-8-2-3-14-13(9-17)15(18)22-21-14/h4-7H,2-3,8H2,1H3,(H3,18,21,22)(H2,19,20,24). The van der Waals surface area contributed by atoms with Gasteiger partial charge >= 0.3 is 6.03 Å². The third kappa shape index (κ3) is 4.33. The largest absolute Gasteiger partial charge is 0.381 e. The lowest BCUT2D eigenvalue weighted by Crippen LogP contribution is -2.29. The summed E-state index contributed by atoms with van der Waals surface area (Å²) >= 11 is 0. The number of hydrogen-bond acceptors (Lipinski definition) is 5. The number of anilines is 2. The van der Waals surface area contributed by atoms with E-state index in [2.05, 4.69) is 20.8 Å². The molecule has 0 fully saturated rings. The summed E-state index contributed by atoms with van der Waals surface area (Å²) in [6.07, 6.45) is 1.19. The van der Waals surface area contributed by atoms with E-state index in [1.54, 1.807) is 24.3 Å². The van der Waals surface area contributed by atoms with E-state index in [0.717, 1.165) is 0 Å². The van der Waals surface area contributed by atoms with Crippen molar-refractivity contribution in [3.8, 4) is 6.07 Å². The normalized spacial score (nSPS) is 10.0. The highest BCUT2D eigenvalue weighted by molar-refractivity contribution is 5.95. The number of nitrogen functional groups attached to an aromatic ring is 1. The quantitative estimate of drug-likeness (QED) is 0.474. The van der Waals surface area contributed by atoms with E-state index >= 15 is 0 Å². The van der Waals surface area contributed by atoms with Gasteiger partial charge in [0.25, 0.3) is 0 Å². The van der Waals surface area contributed by atoms with Gasteiger partial charge in [-0.25, -0.2) is 4.79 Å². The lowest BCUT2D eigenvalue weighted by atomic mass is 10.1. The molecule has 0 aliphatic heterocycles. The Morgan fingerprint density at radius 3 is 2.67 bits per heavy atom. The molecular formula is C16H18N6O2. The van der Waals surface area contributed by atoms with Crippen LogP contribution in [-0.4, -0.2) is 28.6 Å². The number of aromatic nitrogens is 2. The van der Waals surface area contributed by atoms with E-state index in [4.69, 9.17) is 11.0 Å². The molecule has 0 spiro atoms. The average molecular weight is 326 g/mol.